The summed E-state index contributed by atoms with van der Waals surface area (Å²) in [6.07, 6.45) is 2.38. The van der Waals surface area contributed by atoms with E-state index in [1.54, 1.807) is 0 Å². The summed E-state index contributed by atoms with van der Waals surface area (Å²) in [6, 6.07) is 7.77. The predicted octanol–water partition coefficient (Wildman–Crippen LogP) is 1.18. The van der Waals surface area contributed by atoms with Gasteiger partial charge in [-0.05, 0) is 38.3 Å². The highest BCUT2D eigenvalue weighted by molar-refractivity contribution is 5.91. The van der Waals surface area contributed by atoms with Gasteiger partial charge in [0.05, 0.1) is 32.7 Å². The van der Waals surface area contributed by atoms with Gasteiger partial charge in [0.2, 0.25) is 5.91 Å². The van der Waals surface area contributed by atoms with Gasteiger partial charge in [0.25, 0.3) is 0 Å². The fourth-order valence-electron chi connectivity index (χ4n) is 3.06. The Balaban J connectivity index is 1.77. The summed E-state index contributed by atoms with van der Waals surface area (Å²) >= 11 is 0. The third kappa shape index (κ3) is 5.36. The lowest BCUT2D eigenvalue weighted by atomic mass is 9.98. The number of ether oxygens (including phenoxy) is 1. The fraction of sp³-hybridized carbons (Fsp3) is 0.556. The fourth-order valence-corrected chi connectivity index (χ4v) is 3.06. The van der Waals surface area contributed by atoms with E-state index in [-0.39, 0.29) is 17.8 Å². The van der Waals surface area contributed by atoms with Gasteiger partial charge in [-0.1, -0.05) is 18.2 Å². The second-order valence-electron chi connectivity index (χ2n) is 6.16. The summed E-state index contributed by atoms with van der Waals surface area (Å²) in [5.74, 6) is -0.0720. The molecule has 2 rings (SSSR count). The molecule has 126 valence electrons. The highest BCUT2D eigenvalue weighted by atomic mass is 16.5. The smallest absolute Gasteiger partial charge is 0.314 e. The van der Waals surface area contributed by atoms with Gasteiger partial charge in [0.15, 0.2) is 0 Å². The van der Waals surface area contributed by atoms with E-state index < -0.39 is 0 Å². The Labute approximate surface area is 138 Å². The zero-order chi connectivity index (χ0) is 16.7. The van der Waals surface area contributed by atoms with Crippen LogP contribution >= 0.6 is 0 Å². The molecule has 0 saturated carbocycles. The predicted molar refractivity (Wildman–Crippen MR) is 89.3 cm³/mol. The van der Waals surface area contributed by atoms with Crippen LogP contribution in [0.3, 0.4) is 0 Å². The maximum Gasteiger partial charge on any atom is 0.314 e. The zero-order valence-electron chi connectivity index (χ0n) is 14.1. The van der Waals surface area contributed by atoms with Crippen LogP contribution in [-0.4, -0.2) is 38.1 Å². The van der Waals surface area contributed by atoms with Crippen LogP contribution in [0, 0.1) is 12.8 Å². The second-order valence-corrected chi connectivity index (χ2v) is 6.16. The van der Waals surface area contributed by atoms with Crippen molar-refractivity contribution < 1.29 is 19.2 Å². The first kappa shape index (κ1) is 17.5. The van der Waals surface area contributed by atoms with E-state index in [4.69, 9.17) is 4.74 Å². The molecule has 0 bridgehead atoms. The number of carbonyl (C=O) groups excluding carboxylic acids is 2. The van der Waals surface area contributed by atoms with Crippen LogP contribution < -0.4 is 10.2 Å². The molecule has 5 heteroatoms. The summed E-state index contributed by atoms with van der Waals surface area (Å²) in [7, 11) is 0. The van der Waals surface area contributed by atoms with Crippen molar-refractivity contribution in [1.29, 1.82) is 0 Å². The molecule has 1 fully saturated rings. The standard InChI is InChI=1S/C18H26N2O3/c1-3-23-18(22)15-8-6-11-20(13-15)12-10-17(21)19-16-9-5-4-7-14(16)2/h4-5,7,9,15H,3,6,8,10-13H2,1-2H3,(H,19,21)/p+1/t15-/m1/s1. The van der Waals surface area contributed by atoms with Crippen LogP contribution in [0.25, 0.3) is 0 Å². The summed E-state index contributed by atoms with van der Waals surface area (Å²) in [6.45, 7) is 6.80. The van der Waals surface area contributed by atoms with Gasteiger partial charge in [-0.2, -0.15) is 0 Å². The third-order valence-electron chi connectivity index (χ3n) is 4.36. The van der Waals surface area contributed by atoms with E-state index in [1.165, 1.54) is 4.90 Å². The molecule has 2 N–H and O–H groups in total. The average molecular weight is 319 g/mol. The highest BCUT2D eigenvalue weighted by Crippen LogP contribution is 2.13. The molecule has 23 heavy (non-hydrogen) atoms. The van der Waals surface area contributed by atoms with E-state index in [9.17, 15) is 9.59 Å². The molecule has 5 nitrogen and oxygen atoms in total. The topological polar surface area (TPSA) is 59.8 Å². The minimum absolute atomic E-state index is 0.0156. The number of rotatable bonds is 6. The summed E-state index contributed by atoms with van der Waals surface area (Å²) < 4.78 is 5.12. The van der Waals surface area contributed by atoms with Gasteiger partial charge in [-0.25, -0.2) is 0 Å². The average Bonchev–Trinajstić information content (AvgIpc) is 2.56. The molecule has 1 aromatic rings. The van der Waals surface area contributed by atoms with Crippen LogP contribution in [0.5, 0.6) is 0 Å². The lowest BCUT2D eigenvalue weighted by Gasteiger charge is -2.28. The molecule has 1 unspecified atom stereocenters. The van der Waals surface area contributed by atoms with E-state index in [1.807, 2.05) is 38.1 Å². The highest BCUT2D eigenvalue weighted by Gasteiger charge is 2.29. The van der Waals surface area contributed by atoms with Gasteiger partial charge >= 0.3 is 5.97 Å². The van der Waals surface area contributed by atoms with Gasteiger partial charge < -0.3 is 15.0 Å². The molecule has 0 aromatic heterocycles. The number of amides is 1. The van der Waals surface area contributed by atoms with Crippen LogP contribution in [0.2, 0.25) is 0 Å². The molecule has 0 radical (unpaired) electrons. The Morgan fingerprint density at radius 1 is 1.35 bits per heavy atom. The van der Waals surface area contributed by atoms with Gasteiger partial charge in [-0.3, -0.25) is 9.59 Å². The molecular formula is C18H27N2O3+. The third-order valence-corrected chi connectivity index (χ3v) is 4.36. The maximum absolute atomic E-state index is 12.1. The number of likely N-dealkylation sites (tertiary alicyclic amines) is 1. The summed E-state index contributed by atoms with van der Waals surface area (Å²) in [5, 5.41) is 2.96. The van der Waals surface area contributed by atoms with Crippen LogP contribution in [-0.2, 0) is 14.3 Å². The minimum atomic E-state index is -0.0888. The molecule has 1 saturated heterocycles. The number of carbonyl (C=O) groups is 2. The van der Waals surface area contributed by atoms with Crippen molar-refractivity contribution in [3.8, 4) is 0 Å². The number of quaternary nitrogens is 1. The first-order valence-corrected chi connectivity index (χ1v) is 8.45. The summed E-state index contributed by atoms with van der Waals surface area (Å²) in [5.41, 5.74) is 1.93. The molecule has 1 aliphatic rings. The van der Waals surface area contributed by atoms with Crippen molar-refractivity contribution in [3.05, 3.63) is 29.8 Å². The number of anilines is 1. The molecule has 1 amide bonds. The van der Waals surface area contributed by atoms with Crippen molar-refractivity contribution >= 4 is 17.6 Å². The van der Waals surface area contributed by atoms with Gasteiger partial charge in [-0.15, -0.1) is 0 Å². The SMILES string of the molecule is CCOC(=O)[C@@H]1CCC[NH+](CCC(=O)Nc2ccccc2C)C1. The molecule has 2 atom stereocenters. The van der Waals surface area contributed by atoms with Crippen LogP contribution in [0.1, 0.15) is 31.7 Å². The largest absolute Gasteiger partial charge is 0.466 e. The number of nitrogens with one attached hydrogen (secondary N) is 2. The Bertz CT molecular complexity index is 545. The van der Waals surface area contributed by atoms with Crippen molar-refractivity contribution in [1.82, 2.24) is 0 Å². The number of aryl methyl sites for hydroxylation is 1. The monoisotopic (exact) mass is 319 g/mol. The molecule has 1 aliphatic heterocycles. The van der Waals surface area contributed by atoms with E-state index in [0.29, 0.717) is 13.0 Å². The van der Waals surface area contributed by atoms with Crippen molar-refractivity contribution in [2.75, 3.05) is 31.6 Å². The lowest BCUT2D eigenvalue weighted by molar-refractivity contribution is -0.906. The zero-order valence-corrected chi connectivity index (χ0v) is 14.1. The number of para-hydroxylation sites is 1. The molecule has 0 aliphatic carbocycles. The van der Waals surface area contributed by atoms with Crippen molar-refractivity contribution in [3.63, 3.8) is 0 Å². The molecule has 0 spiro atoms. The lowest BCUT2D eigenvalue weighted by Crippen LogP contribution is -3.13. The van der Waals surface area contributed by atoms with E-state index in [0.717, 1.165) is 43.7 Å². The van der Waals surface area contributed by atoms with E-state index >= 15 is 0 Å². The van der Waals surface area contributed by atoms with Gasteiger partial charge in [0.1, 0.15) is 5.92 Å². The van der Waals surface area contributed by atoms with Crippen molar-refractivity contribution in [2.24, 2.45) is 5.92 Å². The summed E-state index contributed by atoms with van der Waals surface area (Å²) in [4.78, 5) is 25.3. The Morgan fingerprint density at radius 3 is 2.87 bits per heavy atom. The number of piperidine rings is 1. The normalized spacial score (nSPS) is 20.8. The second kappa shape index (κ2) is 8.67. The number of benzene rings is 1. The molecule has 1 aromatic carbocycles. The number of esters is 1. The Morgan fingerprint density at radius 2 is 2.13 bits per heavy atom. The van der Waals surface area contributed by atoms with Crippen LogP contribution in [0.15, 0.2) is 24.3 Å². The van der Waals surface area contributed by atoms with E-state index in [2.05, 4.69) is 5.32 Å². The molecular weight excluding hydrogens is 292 g/mol. The quantitative estimate of drug-likeness (QED) is 0.774. The van der Waals surface area contributed by atoms with Crippen molar-refractivity contribution in [2.45, 2.75) is 33.1 Å². The Hall–Kier alpha value is -1.88. The first-order chi connectivity index (χ1) is 11.1. The number of hydrogen-bond acceptors (Lipinski definition) is 3. The first-order valence-electron chi connectivity index (χ1n) is 8.45. The minimum Gasteiger partial charge on any atom is -0.466 e. The van der Waals surface area contributed by atoms with Crippen LogP contribution in [0.4, 0.5) is 5.69 Å². The number of hydrogen-bond donors (Lipinski definition) is 2. The maximum atomic E-state index is 12.1. The molecule has 1 heterocycles. The Kier molecular flexibility index (Phi) is 6.59. The van der Waals surface area contributed by atoms with Gasteiger partial charge in [0, 0.05) is 5.69 Å².